The fourth-order valence-electron chi connectivity index (χ4n) is 5.64. The lowest BCUT2D eigenvalue weighted by molar-refractivity contribution is -0.107. The second kappa shape index (κ2) is 8.73. The molecule has 30 heavy (non-hydrogen) atoms. The molecule has 6 heteroatoms. The molecular weight excluding hydrogens is 447 g/mol. The molecule has 0 amide bonds. The van der Waals surface area contributed by atoms with Gasteiger partial charge in [0.05, 0.1) is 24.0 Å². The minimum atomic E-state index is -0.214. The van der Waals surface area contributed by atoms with Gasteiger partial charge in [0.2, 0.25) is 0 Å². The van der Waals surface area contributed by atoms with Crippen molar-refractivity contribution in [1.82, 2.24) is 4.90 Å². The van der Waals surface area contributed by atoms with Gasteiger partial charge in [-0.2, -0.15) is 0 Å². The number of hydrogen-bond donors (Lipinski definition) is 2. The number of allylic oxidation sites excluding steroid dienone is 3. The first-order valence-corrected chi connectivity index (χ1v) is 12.0. The molecule has 0 radical (unpaired) electrons. The van der Waals surface area contributed by atoms with Crippen LogP contribution in [0.5, 0.6) is 0 Å². The van der Waals surface area contributed by atoms with Crippen molar-refractivity contribution >= 4 is 21.6 Å². The van der Waals surface area contributed by atoms with Crippen LogP contribution in [-0.4, -0.2) is 47.9 Å². The van der Waals surface area contributed by atoms with Crippen LogP contribution in [0.3, 0.4) is 0 Å². The van der Waals surface area contributed by atoms with Gasteiger partial charge in [0.15, 0.2) is 0 Å². The van der Waals surface area contributed by atoms with E-state index in [1.54, 1.807) is 6.07 Å². The van der Waals surface area contributed by atoms with Crippen LogP contribution in [0.1, 0.15) is 43.8 Å². The Morgan fingerprint density at radius 3 is 2.77 bits per heavy atom. The Balaban J connectivity index is 1.39. The molecular formula is C24H30BrFN2O2. The van der Waals surface area contributed by atoms with Crippen LogP contribution in [0.4, 0.5) is 10.1 Å². The van der Waals surface area contributed by atoms with Gasteiger partial charge in [0.25, 0.3) is 0 Å². The molecule has 1 aliphatic carbocycles. The number of piperidine rings is 1. The quantitative estimate of drug-likeness (QED) is 0.656. The van der Waals surface area contributed by atoms with E-state index in [1.807, 2.05) is 6.07 Å². The third-order valence-corrected chi connectivity index (χ3v) is 7.67. The van der Waals surface area contributed by atoms with Gasteiger partial charge < -0.3 is 20.1 Å². The maximum Gasteiger partial charge on any atom is 0.147 e. The summed E-state index contributed by atoms with van der Waals surface area (Å²) in [7, 11) is 0. The van der Waals surface area contributed by atoms with Crippen molar-refractivity contribution in [3.8, 4) is 0 Å². The maximum atomic E-state index is 14.9. The van der Waals surface area contributed by atoms with Gasteiger partial charge in [-0.3, -0.25) is 0 Å². The van der Waals surface area contributed by atoms with E-state index >= 15 is 0 Å². The number of ether oxygens (including phenoxy) is 1. The highest BCUT2D eigenvalue weighted by Gasteiger charge is 2.45. The highest BCUT2D eigenvalue weighted by Crippen LogP contribution is 2.49. The number of aliphatic hydroxyl groups is 1. The molecule has 2 saturated heterocycles. The number of likely N-dealkylation sites (tertiary alicyclic amines) is 1. The van der Waals surface area contributed by atoms with E-state index in [0.717, 1.165) is 61.8 Å². The van der Waals surface area contributed by atoms with Gasteiger partial charge >= 0.3 is 0 Å². The van der Waals surface area contributed by atoms with E-state index in [-0.39, 0.29) is 30.2 Å². The first-order chi connectivity index (χ1) is 14.6. The van der Waals surface area contributed by atoms with E-state index in [9.17, 15) is 9.50 Å². The summed E-state index contributed by atoms with van der Waals surface area (Å²) in [5, 5.41) is 13.3. The number of benzene rings is 1. The number of anilines is 1. The van der Waals surface area contributed by atoms with Crippen molar-refractivity contribution in [3.63, 3.8) is 0 Å². The Labute approximate surface area is 186 Å². The zero-order chi connectivity index (χ0) is 20.7. The van der Waals surface area contributed by atoms with Crippen molar-refractivity contribution in [2.45, 2.75) is 56.5 Å². The maximum absolute atomic E-state index is 14.9. The third-order valence-electron chi connectivity index (χ3n) is 7.21. The molecule has 5 rings (SSSR count). The van der Waals surface area contributed by atoms with E-state index in [2.05, 4.69) is 50.5 Å². The van der Waals surface area contributed by atoms with Crippen LogP contribution in [0.25, 0.3) is 0 Å². The number of fused-ring (bicyclic) bond motifs is 3. The van der Waals surface area contributed by atoms with Crippen LogP contribution in [0, 0.1) is 17.7 Å². The second-order valence-corrected chi connectivity index (χ2v) is 10.1. The van der Waals surface area contributed by atoms with E-state index < -0.39 is 0 Å². The normalized spacial score (nSPS) is 34.3. The van der Waals surface area contributed by atoms with Crippen LogP contribution in [-0.2, 0) is 4.74 Å². The predicted octanol–water partition coefficient (Wildman–Crippen LogP) is 4.81. The average molecular weight is 477 g/mol. The van der Waals surface area contributed by atoms with Crippen molar-refractivity contribution < 1.29 is 14.2 Å². The Hall–Kier alpha value is -1.21. The number of rotatable bonds is 3. The summed E-state index contributed by atoms with van der Waals surface area (Å²) in [6.45, 7) is 2.75. The second-order valence-electron chi connectivity index (χ2n) is 9.19. The number of nitrogens with one attached hydrogen (secondary N) is 1. The molecule has 0 spiro atoms. The highest BCUT2D eigenvalue weighted by molar-refractivity contribution is 9.10. The van der Waals surface area contributed by atoms with Gasteiger partial charge in [0.1, 0.15) is 5.82 Å². The summed E-state index contributed by atoms with van der Waals surface area (Å²) in [6, 6.07) is 3.74. The average Bonchev–Trinajstić information content (AvgIpc) is 2.75. The van der Waals surface area contributed by atoms with Crippen LogP contribution in [0.2, 0.25) is 0 Å². The summed E-state index contributed by atoms with van der Waals surface area (Å²) in [5.41, 5.74) is 1.55. The summed E-state index contributed by atoms with van der Waals surface area (Å²) in [5.74, 6) is 0.461. The number of hydrogen-bond acceptors (Lipinski definition) is 4. The van der Waals surface area contributed by atoms with E-state index in [1.165, 1.54) is 0 Å². The zero-order valence-corrected chi connectivity index (χ0v) is 18.7. The highest BCUT2D eigenvalue weighted by atomic mass is 79.9. The van der Waals surface area contributed by atoms with Gasteiger partial charge in [-0.05, 0) is 44.2 Å². The Morgan fingerprint density at radius 1 is 1.17 bits per heavy atom. The smallest absolute Gasteiger partial charge is 0.147 e. The fraction of sp³-hybridized carbons (Fsp3) is 0.583. The molecule has 2 N–H and O–H groups in total. The molecule has 4 nitrogen and oxygen atoms in total. The van der Waals surface area contributed by atoms with E-state index in [0.29, 0.717) is 17.5 Å². The van der Waals surface area contributed by atoms with Crippen LogP contribution in [0.15, 0.2) is 40.9 Å². The van der Waals surface area contributed by atoms with Crippen molar-refractivity contribution in [2.24, 2.45) is 11.8 Å². The molecule has 1 aromatic carbocycles. The molecule has 3 heterocycles. The minimum absolute atomic E-state index is 0.0910. The van der Waals surface area contributed by atoms with Crippen LogP contribution < -0.4 is 5.32 Å². The SMILES string of the molecule is OC1CCN(C[C@H]2CC[C@@H]3[C@H](O2)c2cc(Br)cc(F)c2N[C@H]3C2C=CC=CC2)CC1. The molecule has 1 aromatic rings. The lowest BCUT2D eigenvalue weighted by Crippen LogP contribution is -2.49. The minimum Gasteiger partial charge on any atom is -0.393 e. The Morgan fingerprint density at radius 2 is 2.00 bits per heavy atom. The van der Waals surface area contributed by atoms with Crippen molar-refractivity contribution in [3.05, 3.63) is 52.3 Å². The molecule has 1 unspecified atom stereocenters. The molecule has 5 atom stereocenters. The molecule has 2 fully saturated rings. The van der Waals surface area contributed by atoms with Crippen LogP contribution >= 0.6 is 15.9 Å². The van der Waals surface area contributed by atoms with Gasteiger partial charge in [-0.25, -0.2) is 4.39 Å². The Bertz CT molecular complexity index is 837. The number of nitrogens with zero attached hydrogens (tertiary/aromatic N) is 1. The van der Waals surface area contributed by atoms with Gasteiger partial charge in [-0.1, -0.05) is 40.2 Å². The first-order valence-electron chi connectivity index (χ1n) is 11.2. The summed E-state index contributed by atoms with van der Waals surface area (Å²) < 4.78 is 22.4. The third kappa shape index (κ3) is 4.12. The molecule has 0 bridgehead atoms. The topological polar surface area (TPSA) is 44.7 Å². The summed E-state index contributed by atoms with van der Waals surface area (Å²) in [4.78, 5) is 2.41. The summed E-state index contributed by atoms with van der Waals surface area (Å²) >= 11 is 3.47. The molecule has 0 saturated carbocycles. The van der Waals surface area contributed by atoms with E-state index in [4.69, 9.17) is 4.74 Å². The lowest BCUT2D eigenvalue weighted by Gasteiger charge is -2.48. The largest absolute Gasteiger partial charge is 0.393 e. The molecule has 162 valence electrons. The molecule has 3 aliphatic heterocycles. The van der Waals surface area contributed by atoms with Crippen molar-refractivity contribution in [2.75, 3.05) is 25.0 Å². The monoisotopic (exact) mass is 476 g/mol. The predicted molar refractivity (Wildman–Crippen MR) is 120 cm³/mol. The summed E-state index contributed by atoms with van der Waals surface area (Å²) in [6.07, 6.45) is 13.3. The molecule has 4 aliphatic rings. The fourth-order valence-corrected chi connectivity index (χ4v) is 6.08. The Kier molecular flexibility index (Phi) is 6.02. The first kappa shape index (κ1) is 20.7. The zero-order valence-electron chi connectivity index (χ0n) is 17.1. The molecule has 0 aromatic heterocycles. The van der Waals surface area contributed by atoms with Gasteiger partial charge in [-0.15, -0.1) is 0 Å². The lowest BCUT2D eigenvalue weighted by atomic mass is 9.73. The van der Waals surface area contributed by atoms with Gasteiger partial charge in [0, 0.05) is 47.5 Å². The number of aliphatic hydroxyl groups excluding tert-OH is 1. The standard InChI is InChI=1S/C24H30BrFN2O2/c25-16-12-20-23(21(26)13-16)27-22(15-4-2-1-3-5-15)19-7-6-18(30-24(19)20)14-28-10-8-17(29)9-11-28/h1-4,12-13,15,17-19,22,24,27,29H,5-11,14H2/t15?,18-,19+,22+,24+/m1/s1. The van der Waals surface area contributed by atoms with Crippen molar-refractivity contribution in [1.29, 1.82) is 0 Å². The number of halogens is 2.